The first-order chi connectivity index (χ1) is 17.0. The third-order valence-corrected chi connectivity index (χ3v) is 6.65. The van der Waals surface area contributed by atoms with E-state index in [4.69, 9.17) is 9.72 Å². The van der Waals surface area contributed by atoms with Gasteiger partial charge in [-0.3, -0.25) is 4.79 Å². The maximum atomic E-state index is 13.2. The average Bonchev–Trinajstić information content (AvgIpc) is 3.70. The summed E-state index contributed by atoms with van der Waals surface area (Å²) in [4.78, 5) is 39.0. The van der Waals surface area contributed by atoms with Crippen LogP contribution in [0.2, 0.25) is 0 Å². The van der Waals surface area contributed by atoms with Crippen LogP contribution < -0.4 is 20.9 Å². The molecule has 1 aromatic heterocycles. The molecule has 10 heteroatoms. The van der Waals surface area contributed by atoms with E-state index in [0.717, 1.165) is 50.2 Å². The summed E-state index contributed by atoms with van der Waals surface area (Å²) < 4.78 is 5.49. The van der Waals surface area contributed by atoms with E-state index in [2.05, 4.69) is 37.8 Å². The van der Waals surface area contributed by atoms with E-state index in [1.54, 1.807) is 6.07 Å². The second-order valence-corrected chi connectivity index (χ2v) is 9.54. The van der Waals surface area contributed by atoms with Gasteiger partial charge in [0.05, 0.1) is 13.2 Å². The summed E-state index contributed by atoms with van der Waals surface area (Å²) in [6.45, 7) is 4.62. The molecule has 1 aliphatic carbocycles. The molecule has 35 heavy (non-hydrogen) atoms. The molecule has 186 valence electrons. The summed E-state index contributed by atoms with van der Waals surface area (Å²) in [6, 6.07) is 9.40. The number of piperidine rings is 1. The molecule has 1 saturated carbocycles. The normalized spacial score (nSPS) is 19.3. The van der Waals surface area contributed by atoms with Gasteiger partial charge in [-0.05, 0) is 70.1 Å². The van der Waals surface area contributed by atoms with Crippen LogP contribution in [0.3, 0.4) is 0 Å². The van der Waals surface area contributed by atoms with Crippen LogP contribution >= 0.6 is 0 Å². The Balaban J connectivity index is 1.35. The number of carbonyl (C=O) groups excluding carboxylic acids is 2. The van der Waals surface area contributed by atoms with Crippen LogP contribution in [0.25, 0.3) is 11.4 Å². The lowest BCUT2D eigenvalue weighted by molar-refractivity contribution is 0.0911. The van der Waals surface area contributed by atoms with E-state index < -0.39 is 0 Å². The van der Waals surface area contributed by atoms with Crippen molar-refractivity contribution in [1.82, 2.24) is 25.5 Å². The summed E-state index contributed by atoms with van der Waals surface area (Å²) in [6.07, 6.45) is 3.94. The monoisotopic (exact) mass is 479 g/mol. The Labute approximate surface area is 205 Å². The van der Waals surface area contributed by atoms with E-state index in [9.17, 15) is 9.59 Å². The smallest absolute Gasteiger partial charge is 0.319 e. The molecule has 5 rings (SSSR count). The second kappa shape index (κ2) is 10.6. The van der Waals surface area contributed by atoms with Gasteiger partial charge in [0.2, 0.25) is 0 Å². The van der Waals surface area contributed by atoms with E-state index in [0.29, 0.717) is 49.6 Å². The number of hydrogen-bond acceptors (Lipinski definition) is 7. The van der Waals surface area contributed by atoms with Crippen molar-refractivity contribution in [3.05, 3.63) is 36.0 Å². The molecule has 0 unspecified atom stereocenters. The van der Waals surface area contributed by atoms with Gasteiger partial charge in [-0.2, -0.15) is 0 Å². The zero-order valence-corrected chi connectivity index (χ0v) is 20.1. The Bertz CT molecular complexity index is 1040. The van der Waals surface area contributed by atoms with Gasteiger partial charge in [0.1, 0.15) is 11.5 Å². The summed E-state index contributed by atoms with van der Waals surface area (Å²) >= 11 is 0. The lowest BCUT2D eigenvalue weighted by atomic mass is 10.1. The fourth-order valence-electron chi connectivity index (χ4n) is 4.33. The van der Waals surface area contributed by atoms with E-state index >= 15 is 0 Å². The number of hydrogen-bond donors (Lipinski definition) is 3. The summed E-state index contributed by atoms with van der Waals surface area (Å²) in [5.74, 6) is 1.03. The molecule has 3 fully saturated rings. The predicted octanol–water partition coefficient (Wildman–Crippen LogP) is 2.09. The lowest BCUT2D eigenvalue weighted by Gasteiger charge is -2.30. The highest BCUT2D eigenvalue weighted by Gasteiger charge is 2.24. The predicted molar refractivity (Wildman–Crippen MR) is 134 cm³/mol. The van der Waals surface area contributed by atoms with Crippen molar-refractivity contribution in [3.8, 4) is 11.4 Å². The fraction of sp³-hybridized carbons (Fsp3) is 0.520. The molecule has 3 aliphatic rings. The van der Waals surface area contributed by atoms with E-state index in [1.807, 2.05) is 24.3 Å². The van der Waals surface area contributed by atoms with Crippen LogP contribution in [-0.2, 0) is 4.74 Å². The molecule has 0 atom stereocenters. The fourth-order valence-corrected chi connectivity index (χ4v) is 4.33. The summed E-state index contributed by atoms with van der Waals surface area (Å²) in [5, 5.41) is 8.93. The van der Waals surface area contributed by atoms with Gasteiger partial charge >= 0.3 is 6.03 Å². The highest BCUT2D eigenvalue weighted by atomic mass is 16.5. The first-order valence-corrected chi connectivity index (χ1v) is 12.4. The number of likely N-dealkylation sites (tertiary alicyclic amines) is 1. The number of amides is 3. The number of ether oxygens (including phenoxy) is 1. The molecule has 0 spiro atoms. The van der Waals surface area contributed by atoms with Gasteiger partial charge in [-0.25, -0.2) is 14.8 Å². The first kappa shape index (κ1) is 23.5. The standard InChI is InChI=1S/C25H33N7O3/c1-31-10-8-20(9-11-31)26-24(33)21-16-22(32-12-14-35-15-13-32)30-23(29-21)17-2-4-18(5-3-17)27-25(34)28-19-6-7-19/h2-5,16,19-20H,6-15H2,1H3,(H,26,33)(H2,27,28,34). The SMILES string of the molecule is CN1CCC(NC(=O)c2cc(N3CCOCC3)nc(-c3ccc(NC(=O)NC4CC4)cc3)n2)CC1. The number of morpholine rings is 1. The number of anilines is 2. The third-order valence-electron chi connectivity index (χ3n) is 6.65. The van der Waals surface area contributed by atoms with Crippen molar-refractivity contribution in [2.24, 2.45) is 0 Å². The average molecular weight is 480 g/mol. The maximum Gasteiger partial charge on any atom is 0.319 e. The van der Waals surface area contributed by atoms with Crippen molar-refractivity contribution in [3.63, 3.8) is 0 Å². The number of benzene rings is 1. The Morgan fingerprint density at radius 3 is 2.29 bits per heavy atom. The van der Waals surface area contributed by atoms with Gasteiger partial charge in [0.25, 0.3) is 5.91 Å². The molecular weight excluding hydrogens is 446 g/mol. The molecule has 3 amide bonds. The topological polar surface area (TPSA) is 112 Å². The molecule has 1 aromatic carbocycles. The number of aromatic nitrogens is 2. The van der Waals surface area contributed by atoms with Crippen LogP contribution in [-0.4, -0.2) is 85.3 Å². The van der Waals surface area contributed by atoms with Gasteiger partial charge in [0.15, 0.2) is 5.82 Å². The van der Waals surface area contributed by atoms with Gasteiger partial charge in [-0.1, -0.05) is 0 Å². The van der Waals surface area contributed by atoms with Gasteiger partial charge < -0.3 is 30.5 Å². The minimum absolute atomic E-state index is 0.149. The van der Waals surface area contributed by atoms with Crippen molar-refractivity contribution in [2.75, 3.05) is 56.7 Å². The molecular formula is C25H33N7O3. The molecule has 3 N–H and O–H groups in total. The Morgan fingerprint density at radius 1 is 0.914 bits per heavy atom. The van der Waals surface area contributed by atoms with Crippen LogP contribution in [0.4, 0.5) is 16.3 Å². The van der Waals surface area contributed by atoms with Crippen LogP contribution in [0, 0.1) is 0 Å². The second-order valence-electron chi connectivity index (χ2n) is 9.54. The molecule has 2 aromatic rings. The third kappa shape index (κ3) is 6.26. The van der Waals surface area contributed by atoms with Gasteiger partial charge in [0, 0.05) is 42.5 Å². The molecule has 3 heterocycles. The van der Waals surface area contributed by atoms with Crippen molar-refractivity contribution < 1.29 is 14.3 Å². The lowest BCUT2D eigenvalue weighted by Crippen LogP contribution is -2.43. The largest absolute Gasteiger partial charge is 0.378 e. The first-order valence-electron chi connectivity index (χ1n) is 12.4. The highest BCUT2D eigenvalue weighted by molar-refractivity contribution is 5.94. The van der Waals surface area contributed by atoms with Crippen molar-refractivity contribution in [2.45, 2.75) is 37.8 Å². The molecule has 0 radical (unpaired) electrons. The summed E-state index contributed by atoms with van der Waals surface area (Å²) in [7, 11) is 2.10. The zero-order valence-electron chi connectivity index (χ0n) is 20.1. The zero-order chi connectivity index (χ0) is 24.2. The van der Waals surface area contributed by atoms with Crippen LogP contribution in [0.5, 0.6) is 0 Å². The number of nitrogens with one attached hydrogen (secondary N) is 3. The van der Waals surface area contributed by atoms with Crippen LogP contribution in [0.1, 0.15) is 36.2 Å². The molecule has 10 nitrogen and oxygen atoms in total. The molecule has 0 bridgehead atoms. The Kier molecular flexibility index (Phi) is 7.10. The number of urea groups is 1. The van der Waals surface area contributed by atoms with Gasteiger partial charge in [-0.15, -0.1) is 0 Å². The van der Waals surface area contributed by atoms with Crippen LogP contribution in [0.15, 0.2) is 30.3 Å². The quantitative estimate of drug-likeness (QED) is 0.582. The van der Waals surface area contributed by atoms with Crippen molar-refractivity contribution >= 4 is 23.4 Å². The van der Waals surface area contributed by atoms with Crippen molar-refractivity contribution in [1.29, 1.82) is 0 Å². The molecule has 2 saturated heterocycles. The Morgan fingerprint density at radius 2 is 1.60 bits per heavy atom. The minimum Gasteiger partial charge on any atom is -0.378 e. The number of carbonyl (C=O) groups is 2. The maximum absolute atomic E-state index is 13.2. The Hall–Kier alpha value is -3.24. The van der Waals surface area contributed by atoms with E-state index in [-0.39, 0.29) is 18.0 Å². The molecule has 2 aliphatic heterocycles. The minimum atomic E-state index is -0.196. The highest BCUT2D eigenvalue weighted by Crippen LogP contribution is 2.24. The number of nitrogens with zero attached hydrogens (tertiary/aromatic N) is 4. The van der Waals surface area contributed by atoms with E-state index in [1.165, 1.54) is 0 Å². The number of rotatable bonds is 6. The summed E-state index contributed by atoms with van der Waals surface area (Å²) in [5.41, 5.74) is 1.83.